The molecule has 0 aliphatic carbocycles. The van der Waals surface area contributed by atoms with Crippen LogP contribution in [0.1, 0.15) is 11.1 Å². The maximum Gasteiger partial charge on any atom is 0.0360 e. The zero-order chi connectivity index (χ0) is 9.46. The summed E-state index contributed by atoms with van der Waals surface area (Å²) in [6, 6.07) is 0. The summed E-state index contributed by atoms with van der Waals surface area (Å²) in [4.78, 5) is 0.952. The number of halogens is 3. The Morgan fingerprint density at radius 3 is 1.50 bits per heavy atom. The quantitative estimate of drug-likeness (QED) is 0.615. The van der Waals surface area contributed by atoms with Gasteiger partial charge in [0.25, 0.3) is 0 Å². The fraction of sp³-hybridized carbons (Fsp3) is 0.250. The van der Waals surface area contributed by atoms with Gasteiger partial charge in [0.15, 0.2) is 0 Å². The normalized spacial score (nSPS) is 10.5. The SMILES string of the molecule is Cc1c(Br)c(C)c(Br)c(S)c1Br. The van der Waals surface area contributed by atoms with E-state index in [1.54, 1.807) is 0 Å². The highest BCUT2D eigenvalue weighted by molar-refractivity contribution is 9.11. The number of hydrogen-bond acceptors (Lipinski definition) is 1. The van der Waals surface area contributed by atoms with Crippen LogP contribution in [0.25, 0.3) is 0 Å². The van der Waals surface area contributed by atoms with E-state index in [-0.39, 0.29) is 0 Å². The van der Waals surface area contributed by atoms with Gasteiger partial charge < -0.3 is 0 Å². The summed E-state index contributed by atoms with van der Waals surface area (Å²) in [7, 11) is 0. The second-order valence-electron chi connectivity index (χ2n) is 2.54. The first-order chi connectivity index (χ1) is 5.46. The Balaban J connectivity index is 3.60. The average Bonchev–Trinajstić information content (AvgIpc) is 2.08. The zero-order valence-electron chi connectivity index (χ0n) is 6.58. The zero-order valence-corrected chi connectivity index (χ0v) is 12.2. The molecule has 0 amide bonds. The van der Waals surface area contributed by atoms with Gasteiger partial charge in [-0.2, -0.15) is 0 Å². The molecule has 0 nitrogen and oxygen atoms in total. The van der Waals surface area contributed by atoms with E-state index in [9.17, 15) is 0 Å². The van der Waals surface area contributed by atoms with Crippen LogP contribution in [0.4, 0.5) is 0 Å². The van der Waals surface area contributed by atoms with Crippen LogP contribution in [-0.2, 0) is 0 Å². The molecule has 0 aliphatic rings. The van der Waals surface area contributed by atoms with Crippen molar-refractivity contribution in [2.75, 3.05) is 0 Å². The summed E-state index contributed by atoms with van der Waals surface area (Å²) in [5, 5.41) is 0. The van der Waals surface area contributed by atoms with Crippen molar-refractivity contribution in [2.24, 2.45) is 0 Å². The molecule has 1 aromatic rings. The van der Waals surface area contributed by atoms with Crippen molar-refractivity contribution < 1.29 is 0 Å². The van der Waals surface area contributed by atoms with Crippen LogP contribution in [0.2, 0.25) is 0 Å². The first-order valence-electron chi connectivity index (χ1n) is 3.29. The molecule has 0 heterocycles. The maximum absolute atomic E-state index is 4.38. The number of benzene rings is 1. The van der Waals surface area contributed by atoms with E-state index in [1.807, 2.05) is 13.8 Å². The Morgan fingerprint density at radius 1 is 0.833 bits per heavy atom. The van der Waals surface area contributed by atoms with Crippen molar-refractivity contribution in [1.29, 1.82) is 0 Å². The highest BCUT2D eigenvalue weighted by Crippen LogP contribution is 2.39. The third kappa shape index (κ3) is 1.76. The van der Waals surface area contributed by atoms with Crippen LogP contribution < -0.4 is 0 Å². The van der Waals surface area contributed by atoms with Crippen LogP contribution in [0, 0.1) is 13.8 Å². The Kier molecular flexibility index (Phi) is 3.72. The summed E-state index contributed by atoms with van der Waals surface area (Å²) in [5.74, 6) is 0. The summed E-state index contributed by atoms with van der Waals surface area (Å²) in [6.45, 7) is 4.10. The molecule has 0 bridgehead atoms. The van der Waals surface area contributed by atoms with Crippen LogP contribution in [-0.4, -0.2) is 0 Å². The Morgan fingerprint density at radius 2 is 1.17 bits per heavy atom. The van der Waals surface area contributed by atoms with Crippen molar-refractivity contribution in [3.05, 3.63) is 24.5 Å². The third-order valence-corrected chi connectivity index (χ3v) is 5.96. The molecule has 0 saturated heterocycles. The van der Waals surface area contributed by atoms with Gasteiger partial charge in [-0.1, -0.05) is 15.9 Å². The monoisotopic (exact) mass is 372 g/mol. The van der Waals surface area contributed by atoms with Gasteiger partial charge >= 0.3 is 0 Å². The summed E-state index contributed by atoms with van der Waals surface area (Å²) < 4.78 is 3.20. The molecular weight excluding hydrogens is 368 g/mol. The molecule has 0 fully saturated rings. The van der Waals surface area contributed by atoms with Crippen LogP contribution in [0.3, 0.4) is 0 Å². The van der Waals surface area contributed by atoms with Gasteiger partial charge in [-0.05, 0) is 56.8 Å². The van der Waals surface area contributed by atoms with Gasteiger partial charge in [0.1, 0.15) is 0 Å². The molecule has 0 unspecified atom stereocenters. The maximum atomic E-state index is 4.38. The first kappa shape index (κ1) is 11.1. The minimum absolute atomic E-state index is 0.952. The molecule has 0 radical (unpaired) electrons. The van der Waals surface area contributed by atoms with E-state index in [1.165, 1.54) is 11.1 Å². The second-order valence-corrected chi connectivity index (χ2v) is 5.37. The number of hydrogen-bond donors (Lipinski definition) is 1. The Labute approximate surface area is 103 Å². The standard InChI is InChI=1S/C8H7Br3S/c1-3-5(9)4(2)7(11)8(12)6(3)10/h12H,1-2H3. The molecule has 0 N–H and O–H groups in total. The van der Waals surface area contributed by atoms with E-state index in [4.69, 9.17) is 0 Å². The Bertz CT molecular complexity index is 229. The minimum atomic E-state index is 0.952. The molecule has 66 valence electrons. The van der Waals surface area contributed by atoms with Crippen LogP contribution >= 0.6 is 60.4 Å². The fourth-order valence-corrected chi connectivity index (χ4v) is 3.25. The van der Waals surface area contributed by atoms with Crippen molar-refractivity contribution in [3.63, 3.8) is 0 Å². The average molecular weight is 375 g/mol. The minimum Gasteiger partial charge on any atom is -0.141 e. The van der Waals surface area contributed by atoms with E-state index in [2.05, 4.69) is 60.4 Å². The summed E-state index contributed by atoms with van der Waals surface area (Å²) >= 11 is 14.9. The van der Waals surface area contributed by atoms with E-state index in [0.29, 0.717) is 0 Å². The van der Waals surface area contributed by atoms with Gasteiger partial charge in [-0.3, -0.25) is 0 Å². The molecular formula is C8H7Br3S. The molecule has 1 aromatic carbocycles. The lowest BCUT2D eigenvalue weighted by Crippen LogP contribution is -1.88. The van der Waals surface area contributed by atoms with Crippen molar-refractivity contribution in [3.8, 4) is 0 Å². The van der Waals surface area contributed by atoms with Gasteiger partial charge in [-0.15, -0.1) is 12.6 Å². The van der Waals surface area contributed by atoms with Gasteiger partial charge in [0.05, 0.1) is 0 Å². The second kappa shape index (κ2) is 4.03. The molecule has 0 atom stereocenters. The largest absolute Gasteiger partial charge is 0.141 e. The fourth-order valence-electron chi connectivity index (χ4n) is 0.926. The van der Waals surface area contributed by atoms with Gasteiger partial charge in [0, 0.05) is 18.3 Å². The predicted molar refractivity (Wildman–Crippen MR) is 66.3 cm³/mol. The lowest BCUT2D eigenvalue weighted by molar-refractivity contribution is 1.20. The molecule has 0 saturated carbocycles. The number of thiol groups is 1. The van der Waals surface area contributed by atoms with E-state index >= 15 is 0 Å². The molecule has 12 heavy (non-hydrogen) atoms. The summed E-state index contributed by atoms with van der Waals surface area (Å²) in [5.41, 5.74) is 2.36. The first-order valence-corrected chi connectivity index (χ1v) is 6.12. The van der Waals surface area contributed by atoms with Crippen LogP contribution in [0.15, 0.2) is 18.3 Å². The predicted octanol–water partition coefficient (Wildman–Crippen LogP) is 4.88. The number of rotatable bonds is 0. The van der Waals surface area contributed by atoms with Crippen molar-refractivity contribution in [1.82, 2.24) is 0 Å². The smallest absolute Gasteiger partial charge is 0.0360 e. The third-order valence-electron chi connectivity index (χ3n) is 1.73. The summed E-state index contributed by atoms with van der Waals surface area (Å²) in [6.07, 6.45) is 0. The van der Waals surface area contributed by atoms with Gasteiger partial charge in [-0.25, -0.2) is 0 Å². The van der Waals surface area contributed by atoms with E-state index < -0.39 is 0 Å². The highest BCUT2D eigenvalue weighted by atomic mass is 79.9. The molecule has 4 heteroatoms. The molecule has 0 spiro atoms. The van der Waals surface area contributed by atoms with Gasteiger partial charge in [0.2, 0.25) is 0 Å². The molecule has 0 aromatic heterocycles. The highest BCUT2D eigenvalue weighted by Gasteiger charge is 2.12. The molecule has 0 aliphatic heterocycles. The van der Waals surface area contributed by atoms with Crippen LogP contribution in [0.5, 0.6) is 0 Å². The van der Waals surface area contributed by atoms with E-state index in [0.717, 1.165) is 18.3 Å². The topological polar surface area (TPSA) is 0 Å². The van der Waals surface area contributed by atoms with Crippen molar-refractivity contribution in [2.45, 2.75) is 18.7 Å². The Hall–Kier alpha value is 1.01. The van der Waals surface area contributed by atoms with Crippen molar-refractivity contribution >= 4 is 60.4 Å². The molecule has 1 rings (SSSR count). The lowest BCUT2D eigenvalue weighted by Gasteiger charge is -2.11. The lowest BCUT2D eigenvalue weighted by atomic mass is 10.2.